The van der Waals surface area contributed by atoms with Crippen molar-refractivity contribution in [3.05, 3.63) is 49.1 Å². The molecule has 1 heterocycles. The van der Waals surface area contributed by atoms with Crippen molar-refractivity contribution in [2.75, 3.05) is 0 Å². The minimum Gasteiger partial charge on any atom is -0.388 e. The number of aliphatic hydroxyl groups is 1. The maximum Gasteiger partial charge on any atom is 0.0846 e. The van der Waals surface area contributed by atoms with Gasteiger partial charge >= 0.3 is 0 Å². The fourth-order valence-corrected chi connectivity index (χ4v) is 3.77. The van der Waals surface area contributed by atoms with Crippen LogP contribution in [0.1, 0.15) is 30.0 Å². The number of rotatable bonds is 4. The van der Waals surface area contributed by atoms with Gasteiger partial charge in [-0.2, -0.15) is 5.10 Å². The van der Waals surface area contributed by atoms with Crippen LogP contribution in [0.15, 0.2) is 27.1 Å². The Kier molecular flexibility index (Phi) is 5.29. The summed E-state index contributed by atoms with van der Waals surface area (Å²) >= 11 is 13.0. The Labute approximate surface area is 140 Å². The molecular formula is C14H15Br2ClN2O. The van der Waals surface area contributed by atoms with Crippen molar-refractivity contribution in [1.29, 1.82) is 0 Å². The largest absolute Gasteiger partial charge is 0.388 e. The van der Waals surface area contributed by atoms with Crippen LogP contribution < -0.4 is 0 Å². The first-order valence-electron chi connectivity index (χ1n) is 6.26. The highest BCUT2D eigenvalue weighted by molar-refractivity contribution is 9.10. The van der Waals surface area contributed by atoms with Crippen molar-refractivity contribution >= 4 is 43.5 Å². The summed E-state index contributed by atoms with van der Waals surface area (Å²) in [5, 5.41) is 15.4. The van der Waals surface area contributed by atoms with Gasteiger partial charge in [-0.1, -0.05) is 34.5 Å². The van der Waals surface area contributed by atoms with E-state index in [0.29, 0.717) is 11.4 Å². The summed E-state index contributed by atoms with van der Waals surface area (Å²) < 4.78 is 3.64. The van der Waals surface area contributed by atoms with E-state index < -0.39 is 6.10 Å². The van der Waals surface area contributed by atoms with Crippen LogP contribution >= 0.6 is 43.5 Å². The number of hydrogen-bond acceptors (Lipinski definition) is 2. The van der Waals surface area contributed by atoms with E-state index in [1.54, 1.807) is 12.1 Å². The van der Waals surface area contributed by atoms with Crippen LogP contribution in [0.25, 0.3) is 0 Å². The molecule has 1 unspecified atom stereocenters. The van der Waals surface area contributed by atoms with E-state index in [9.17, 15) is 5.11 Å². The van der Waals surface area contributed by atoms with Crippen LogP contribution in [0.2, 0.25) is 5.02 Å². The lowest BCUT2D eigenvalue weighted by Gasteiger charge is -2.12. The molecule has 0 aliphatic rings. The number of benzene rings is 1. The van der Waals surface area contributed by atoms with E-state index in [0.717, 1.165) is 32.3 Å². The summed E-state index contributed by atoms with van der Waals surface area (Å²) in [5.41, 5.74) is 2.77. The van der Waals surface area contributed by atoms with E-state index in [2.05, 4.69) is 43.9 Å². The Balaban J connectivity index is 2.27. The predicted octanol–water partition coefficient (Wildman–Crippen LogP) is 4.44. The Hall–Kier alpha value is -0.360. The smallest absolute Gasteiger partial charge is 0.0846 e. The summed E-state index contributed by atoms with van der Waals surface area (Å²) in [4.78, 5) is 0. The highest BCUT2D eigenvalue weighted by Crippen LogP contribution is 2.29. The molecule has 20 heavy (non-hydrogen) atoms. The SMILES string of the molecule is CCc1nn(C)c(CC(O)c2cc(Cl)cc(Br)c2)c1Br. The molecule has 1 aromatic carbocycles. The Morgan fingerprint density at radius 1 is 1.35 bits per heavy atom. The Morgan fingerprint density at radius 3 is 2.60 bits per heavy atom. The van der Waals surface area contributed by atoms with Crippen LogP contribution in [0.4, 0.5) is 0 Å². The molecule has 0 aliphatic carbocycles. The van der Waals surface area contributed by atoms with Crippen LogP contribution in [0.3, 0.4) is 0 Å². The van der Waals surface area contributed by atoms with Crippen LogP contribution in [-0.4, -0.2) is 14.9 Å². The molecule has 0 radical (unpaired) electrons. The molecule has 3 nitrogen and oxygen atoms in total. The van der Waals surface area contributed by atoms with E-state index in [1.807, 2.05) is 17.8 Å². The van der Waals surface area contributed by atoms with Crippen molar-refractivity contribution in [2.45, 2.75) is 25.9 Å². The van der Waals surface area contributed by atoms with Crippen molar-refractivity contribution in [2.24, 2.45) is 7.05 Å². The van der Waals surface area contributed by atoms with Gasteiger partial charge in [0.05, 0.1) is 22.0 Å². The normalized spacial score (nSPS) is 12.7. The number of nitrogens with zero attached hydrogens (tertiary/aromatic N) is 2. The molecule has 0 bridgehead atoms. The van der Waals surface area contributed by atoms with Crippen LogP contribution in [0.5, 0.6) is 0 Å². The molecule has 2 aromatic rings. The molecule has 0 saturated heterocycles. The van der Waals surface area contributed by atoms with Gasteiger partial charge in [0, 0.05) is 23.0 Å². The van der Waals surface area contributed by atoms with Gasteiger partial charge in [0.15, 0.2) is 0 Å². The number of aliphatic hydroxyl groups excluding tert-OH is 1. The maximum absolute atomic E-state index is 10.4. The Morgan fingerprint density at radius 2 is 2.05 bits per heavy atom. The zero-order valence-electron chi connectivity index (χ0n) is 11.2. The number of hydrogen-bond donors (Lipinski definition) is 1. The zero-order valence-corrected chi connectivity index (χ0v) is 15.1. The molecule has 6 heteroatoms. The Bertz CT molecular complexity index is 608. The van der Waals surface area contributed by atoms with Gasteiger partial charge in [0.25, 0.3) is 0 Å². The lowest BCUT2D eigenvalue weighted by atomic mass is 10.0. The average Bonchev–Trinajstić information content (AvgIpc) is 2.65. The number of aromatic nitrogens is 2. The standard InChI is InChI=1S/C14H15Br2ClN2O/c1-3-11-14(16)12(19(2)18-11)7-13(20)8-4-9(15)6-10(17)5-8/h4-6,13,20H,3,7H2,1-2H3. The molecule has 0 fully saturated rings. The fourth-order valence-electron chi connectivity index (χ4n) is 2.11. The molecule has 108 valence electrons. The van der Waals surface area contributed by atoms with Crippen molar-refractivity contribution in [3.63, 3.8) is 0 Å². The van der Waals surface area contributed by atoms with Gasteiger partial charge in [-0.15, -0.1) is 0 Å². The van der Waals surface area contributed by atoms with Crippen LogP contribution in [-0.2, 0) is 19.9 Å². The van der Waals surface area contributed by atoms with Gasteiger partial charge in [-0.05, 0) is 46.1 Å². The third-order valence-corrected chi connectivity index (χ3v) is 4.75. The minimum atomic E-state index is -0.624. The lowest BCUT2D eigenvalue weighted by molar-refractivity contribution is 0.175. The van der Waals surface area contributed by atoms with Gasteiger partial charge in [-0.25, -0.2) is 0 Å². The van der Waals surface area contributed by atoms with Crippen molar-refractivity contribution in [1.82, 2.24) is 9.78 Å². The molecule has 0 amide bonds. The third kappa shape index (κ3) is 3.45. The van der Waals surface area contributed by atoms with Gasteiger partial charge in [-0.3, -0.25) is 4.68 Å². The van der Waals surface area contributed by atoms with Crippen molar-refractivity contribution in [3.8, 4) is 0 Å². The molecule has 1 N–H and O–H groups in total. The van der Waals surface area contributed by atoms with Gasteiger partial charge < -0.3 is 5.11 Å². The molecular weight excluding hydrogens is 407 g/mol. The molecule has 2 rings (SSSR count). The monoisotopic (exact) mass is 420 g/mol. The van der Waals surface area contributed by atoms with Crippen molar-refractivity contribution < 1.29 is 5.11 Å². The zero-order chi connectivity index (χ0) is 14.9. The molecule has 1 aromatic heterocycles. The topological polar surface area (TPSA) is 38.0 Å². The molecule has 0 saturated carbocycles. The highest BCUT2D eigenvalue weighted by atomic mass is 79.9. The first-order valence-corrected chi connectivity index (χ1v) is 8.23. The first kappa shape index (κ1) is 16.0. The van der Waals surface area contributed by atoms with E-state index >= 15 is 0 Å². The molecule has 0 aliphatic heterocycles. The maximum atomic E-state index is 10.4. The quantitative estimate of drug-likeness (QED) is 0.791. The summed E-state index contributed by atoms with van der Waals surface area (Å²) in [6.07, 6.45) is 0.714. The van der Waals surface area contributed by atoms with E-state index in [4.69, 9.17) is 11.6 Å². The second-order valence-corrected chi connectivity index (χ2v) is 6.75. The first-order chi connectivity index (χ1) is 9.42. The van der Waals surface area contributed by atoms with E-state index in [-0.39, 0.29) is 0 Å². The molecule has 0 spiro atoms. The summed E-state index contributed by atoms with van der Waals surface area (Å²) in [6, 6.07) is 5.45. The third-order valence-electron chi connectivity index (χ3n) is 3.16. The second-order valence-electron chi connectivity index (χ2n) is 4.61. The minimum absolute atomic E-state index is 0.483. The average molecular weight is 423 g/mol. The van der Waals surface area contributed by atoms with Gasteiger partial charge in [0.1, 0.15) is 0 Å². The predicted molar refractivity (Wildman–Crippen MR) is 88.1 cm³/mol. The van der Waals surface area contributed by atoms with Crippen LogP contribution in [0, 0.1) is 0 Å². The summed E-state index contributed by atoms with van der Waals surface area (Å²) in [5.74, 6) is 0. The molecule has 1 atom stereocenters. The highest BCUT2D eigenvalue weighted by Gasteiger charge is 2.18. The number of halogens is 3. The summed E-state index contributed by atoms with van der Waals surface area (Å²) in [6.45, 7) is 2.06. The fraction of sp³-hybridized carbons (Fsp3) is 0.357. The summed E-state index contributed by atoms with van der Waals surface area (Å²) in [7, 11) is 1.89. The van der Waals surface area contributed by atoms with E-state index in [1.165, 1.54) is 0 Å². The number of aryl methyl sites for hydroxylation is 2. The lowest BCUT2D eigenvalue weighted by Crippen LogP contribution is -2.07. The second kappa shape index (κ2) is 6.60. The van der Waals surface area contributed by atoms with Gasteiger partial charge in [0.2, 0.25) is 0 Å².